The molecule has 4 aliphatic rings. The number of aliphatic hydroxyl groups is 1. The highest BCUT2D eigenvalue weighted by atomic mass is 16.7. The average Bonchev–Trinajstić information content (AvgIpc) is 3.66. The molecule has 4 bridgehead atoms. The molecule has 6 heterocycles. The minimum absolute atomic E-state index is 0.155. The number of fused-ring (bicyclic) bond motifs is 4. The largest absolute Gasteiger partial charge is 0.387 e. The molecule has 14 nitrogen and oxygen atoms in total. The molecule has 4 aliphatic heterocycles. The molecule has 0 radical (unpaired) electrons. The van der Waals surface area contributed by atoms with Crippen molar-refractivity contribution in [2.45, 2.75) is 88.6 Å². The normalized spacial score (nSPS) is 34.8. The van der Waals surface area contributed by atoms with Crippen molar-refractivity contribution in [2.75, 3.05) is 19.8 Å². The Bertz CT molecular complexity index is 1590. The summed E-state index contributed by atoms with van der Waals surface area (Å²) in [6.07, 6.45) is 5.99. The topological polar surface area (TPSA) is 176 Å². The van der Waals surface area contributed by atoms with E-state index in [-0.39, 0.29) is 12.7 Å². The molecule has 3 N–H and O–H groups in total. The molecular weight excluding hydrogens is 540 g/mol. The first-order valence-corrected chi connectivity index (χ1v) is 13.5. The number of aliphatic hydroxyl groups excluding tert-OH is 1. The molecule has 8 atom stereocenters. The zero-order chi connectivity index (χ0) is 29.7. The fraction of sp³-hybridized carbons (Fsp3) is 0.630. The number of aryl methyl sites for hydroxylation is 2. The Morgan fingerprint density at radius 1 is 0.927 bits per heavy atom. The molecule has 0 aliphatic carbocycles. The monoisotopic (exact) mass is 574 g/mol. The molecule has 2 aromatic heterocycles. The Labute approximate surface area is 234 Å². The smallest absolute Gasteiger partial charge is 0.330 e. The third kappa shape index (κ3) is 4.72. The molecule has 4 saturated heterocycles. The van der Waals surface area contributed by atoms with Crippen molar-refractivity contribution < 1.29 is 28.8 Å². The predicted molar refractivity (Wildman–Crippen MR) is 142 cm³/mol. The van der Waals surface area contributed by atoms with Crippen molar-refractivity contribution in [1.82, 2.24) is 19.1 Å². The standard InChI is InChI=1S/C15H18N2O5.C12H16N2O5/c1-4-6-20-11-10-13(22-15(11,5-2)8-21-10)17-7-9(3)12(18)16-14(17)19;1-3-12-5-18-7(8(12)15)10(19-12)14-4-6(2)9(16)13-11(14)17/h1,7,10-11,13H,5-6,8H2,2-3H3,(H,16,18,19);4,7-8,10,15H,3,5H2,1-2H3,(H,13,16,17)/t10-,11?,13+,15-;7-,8?,10+,12-/m00/s1. The summed E-state index contributed by atoms with van der Waals surface area (Å²) in [6.45, 7) is 7.99. The van der Waals surface area contributed by atoms with Gasteiger partial charge in [-0.05, 0) is 26.7 Å². The molecular formula is C27H34N4O10. The summed E-state index contributed by atoms with van der Waals surface area (Å²) < 4.78 is 31.6. The average molecular weight is 575 g/mol. The van der Waals surface area contributed by atoms with Gasteiger partial charge >= 0.3 is 11.4 Å². The van der Waals surface area contributed by atoms with E-state index < -0.39 is 64.5 Å². The quantitative estimate of drug-likeness (QED) is 0.371. The second-order valence-electron chi connectivity index (χ2n) is 10.7. The predicted octanol–water partition coefficient (Wildman–Crippen LogP) is -0.778. The van der Waals surface area contributed by atoms with Crippen molar-refractivity contribution in [1.29, 1.82) is 0 Å². The van der Waals surface area contributed by atoms with Gasteiger partial charge in [-0.25, -0.2) is 9.59 Å². The second kappa shape index (κ2) is 10.8. The summed E-state index contributed by atoms with van der Waals surface area (Å²) in [5.74, 6) is 2.44. The number of terminal acetylenes is 1. The van der Waals surface area contributed by atoms with Crippen molar-refractivity contribution in [3.63, 3.8) is 0 Å². The van der Waals surface area contributed by atoms with E-state index in [1.54, 1.807) is 13.8 Å². The van der Waals surface area contributed by atoms with Gasteiger partial charge in [0.1, 0.15) is 42.2 Å². The van der Waals surface area contributed by atoms with Gasteiger partial charge in [-0.15, -0.1) is 6.42 Å². The molecule has 0 aromatic carbocycles. The van der Waals surface area contributed by atoms with Crippen molar-refractivity contribution in [2.24, 2.45) is 0 Å². The molecule has 222 valence electrons. The lowest BCUT2D eigenvalue weighted by atomic mass is 9.96. The van der Waals surface area contributed by atoms with Crippen LogP contribution in [0.3, 0.4) is 0 Å². The number of rotatable bonds is 6. The number of H-pyrrole nitrogens is 2. The van der Waals surface area contributed by atoms with Gasteiger partial charge in [0.05, 0.1) is 13.2 Å². The Morgan fingerprint density at radius 2 is 1.41 bits per heavy atom. The zero-order valence-electron chi connectivity index (χ0n) is 23.2. The van der Waals surface area contributed by atoms with Gasteiger partial charge in [-0.2, -0.15) is 0 Å². The summed E-state index contributed by atoms with van der Waals surface area (Å²) in [5.41, 5.74) is -2.45. The van der Waals surface area contributed by atoms with Crippen LogP contribution in [0.5, 0.6) is 0 Å². The molecule has 0 saturated carbocycles. The Morgan fingerprint density at radius 3 is 1.93 bits per heavy atom. The number of hydrogen-bond acceptors (Lipinski definition) is 10. The third-order valence-corrected chi connectivity index (χ3v) is 8.36. The molecule has 6 rings (SSSR count). The van der Waals surface area contributed by atoms with E-state index >= 15 is 0 Å². The highest BCUT2D eigenvalue weighted by Gasteiger charge is 2.62. The highest BCUT2D eigenvalue weighted by Crippen LogP contribution is 2.48. The lowest BCUT2D eigenvalue weighted by Crippen LogP contribution is -2.42. The van der Waals surface area contributed by atoms with Gasteiger partial charge in [0, 0.05) is 23.5 Å². The third-order valence-electron chi connectivity index (χ3n) is 8.36. The van der Waals surface area contributed by atoms with E-state index in [1.807, 2.05) is 13.8 Å². The van der Waals surface area contributed by atoms with Gasteiger partial charge < -0.3 is 28.8 Å². The van der Waals surface area contributed by atoms with E-state index in [0.29, 0.717) is 37.2 Å². The molecule has 2 aromatic rings. The maximum atomic E-state index is 12.1. The lowest BCUT2D eigenvalue weighted by molar-refractivity contribution is -0.176. The van der Waals surface area contributed by atoms with E-state index in [1.165, 1.54) is 21.5 Å². The first kappa shape index (κ1) is 29.2. The van der Waals surface area contributed by atoms with Crippen LogP contribution in [-0.4, -0.2) is 79.6 Å². The fourth-order valence-corrected chi connectivity index (χ4v) is 5.86. The van der Waals surface area contributed by atoms with Crippen LogP contribution in [0.25, 0.3) is 0 Å². The number of aromatic amines is 2. The van der Waals surface area contributed by atoms with Gasteiger partial charge in [-0.3, -0.25) is 28.7 Å². The fourth-order valence-electron chi connectivity index (χ4n) is 5.86. The van der Waals surface area contributed by atoms with Crippen LogP contribution in [0, 0.1) is 26.2 Å². The first-order valence-electron chi connectivity index (χ1n) is 13.5. The number of hydrogen-bond donors (Lipinski definition) is 3. The van der Waals surface area contributed by atoms with Gasteiger partial charge in [-0.1, -0.05) is 19.8 Å². The van der Waals surface area contributed by atoms with Crippen LogP contribution in [0.1, 0.15) is 50.3 Å². The van der Waals surface area contributed by atoms with Crippen molar-refractivity contribution >= 4 is 0 Å². The van der Waals surface area contributed by atoms with Crippen molar-refractivity contribution in [3.8, 4) is 12.3 Å². The Balaban J connectivity index is 0.000000166. The molecule has 0 amide bonds. The number of nitrogens with zero attached hydrogens (tertiary/aromatic N) is 2. The van der Waals surface area contributed by atoms with E-state index in [2.05, 4.69) is 15.9 Å². The minimum atomic E-state index is -0.762. The van der Waals surface area contributed by atoms with Crippen LogP contribution >= 0.6 is 0 Å². The van der Waals surface area contributed by atoms with E-state index in [4.69, 9.17) is 30.1 Å². The maximum absolute atomic E-state index is 12.1. The number of aromatic nitrogens is 4. The van der Waals surface area contributed by atoms with Crippen LogP contribution in [0.4, 0.5) is 0 Å². The van der Waals surface area contributed by atoms with Crippen LogP contribution < -0.4 is 22.5 Å². The van der Waals surface area contributed by atoms with E-state index in [0.717, 1.165) is 0 Å². The van der Waals surface area contributed by atoms with Gasteiger partial charge in [0.2, 0.25) is 0 Å². The minimum Gasteiger partial charge on any atom is -0.387 e. The molecule has 41 heavy (non-hydrogen) atoms. The highest BCUT2D eigenvalue weighted by molar-refractivity contribution is 5.11. The maximum Gasteiger partial charge on any atom is 0.330 e. The van der Waals surface area contributed by atoms with Crippen LogP contribution in [-0.2, 0) is 23.7 Å². The number of nitrogens with one attached hydrogen (secondary N) is 2. The SMILES string of the molecule is C#CCOC1[C@@H]2OC[C@]1(CC)O[C@H]2n1cc(C)c(=O)[nH]c1=O.CC[C@]12CO[C@@H](C1O)[C@H](n1cc(C)c(=O)[nH]c1=O)O2. The zero-order valence-corrected chi connectivity index (χ0v) is 23.2. The Hall–Kier alpha value is -3.32. The summed E-state index contributed by atoms with van der Waals surface area (Å²) in [4.78, 5) is 51.3. The summed E-state index contributed by atoms with van der Waals surface area (Å²) in [7, 11) is 0. The van der Waals surface area contributed by atoms with E-state index in [9.17, 15) is 24.3 Å². The van der Waals surface area contributed by atoms with Crippen molar-refractivity contribution in [3.05, 3.63) is 65.2 Å². The molecule has 2 unspecified atom stereocenters. The second-order valence-corrected chi connectivity index (χ2v) is 10.7. The molecule has 0 spiro atoms. The number of ether oxygens (including phenoxy) is 5. The summed E-state index contributed by atoms with van der Waals surface area (Å²) in [5, 5.41) is 10.2. The summed E-state index contributed by atoms with van der Waals surface area (Å²) in [6, 6.07) is 0. The first-order chi connectivity index (χ1) is 19.5. The molecule has 14 heteroatoms. The lowest BCUT2D eigenvalue weighted by Gasteiger charge is -2.30. The Kier molecular flexibility index (Phi) is 7.70. The summed E-state index contributed by atoms with van der Waals surface area (Å²) >= 11 is 0. The van der Waals surface area contributed by atoms with Crippen LogP contribution in [0.15, 0.2) is 31.6 Å². The van der Waals surface area contributed by atoms with Gasteiger partial charge in [0.25, 0.3) is 11.1 Å². The van der Waals surface area contributed by atoms with Gasteiger partial charge in [0.15, 0.2) is 12.5 Å². The van der Waals surface area contributed by atoms with Crippen LogP contribution in [0.2, 0.25) is 0 Å². The molecule has 4 fully saturated rings.